The predicted octanol–water partition coefficient (Wildman–Crippen LogP) is 4.75. The second-order valence-corrected chi connectivity index (χ2v) is 6.48. The molecule has 0 spiro atoms. The second-order valence-electron chi connectivity index (χ2n) is 6.04. The Labute approximate surface area is 168 Å². The minimum Gasteiger partial charge on any atom is -0.322 e. The fourth-order valence-corrected chi connectivity index (χ4v) is 2.58. The van der Waals surface area contributed by atoms with E-state index in [9.17, 15) is 9.59 Å². The van der Waals surface area contributed by atoms with Crippen molar-refractivity contribution in [2.24, 2.45) is 5.10 Å². The zero-order chi connectivity index (χ0) is 19.9. The summed E-state index contributed by atoms with van der Waals surface area (Å²) < 4.78 is 0. The highest BCUT2D eigenvalue weighted by molar-refractivity contribution is 6.30. The number of carbonyl (C=O) groups is 2. The third-order valence-corrected chi connectivity index (χ3v) is 4.28. The molecule has 0 aliphatic carbocycles. The summed E-state index contributed by atoms with van der Waals surface area (Å²) in [4.78, 5) is 24.3. The van der Waals surface area contributed by atoms with Gasteiger partial charge in [0.2, 0.25) is 0 Å². The van der Waals surface area contributed by atoms with Crippen LogP contribution in [0.1, 0.15) is 33.2 Å². The number of anilines is 1. The van der Waals surface area contributed by atoms with Crippen molar-refractivity contribution in [3.8, 4) is 0 Å². The van der Waals surface area contributed by atoms with E-state index in [2.05, 4.69) is 15.8 Å². The summed E-state index contributed by atoms with van der Waals surface area (Å²) >= 11 is 5.83. The number of hydrogen-bond acceptors (Lipinski definition) is 3. The molecular formula is C22H18ClN3O2. The van der Waals surface area contributed by atoms with Gasteiger partial charge >= 0.3 is 0 Å². The average molecular weight is 392 g/mol. The van der Waals surface area contributed by atoms with Crippen LogP contribution >= 0.6 is 11.6 Å². The molecule has 0 aliphatic rings. The second kappa shape index (κ2) is 8.97. The van der Waals surface area contributed by atoms with Crippen molar-refractivity contribution in [2.45, 2.75) is 6.92 Å². The molecule has 3 aromatic rings. The maximum atomic E-state index is 12.2. The van der Waals surface area contributed by atoms with Crippen LogP contribution in [-0.2, 0) is 0 Å². The summed E-state index contributed by atoms with van der Waals surface area (Å²) in [6, 6.07) is 22.8. The van der Waals surface area contributed by atoms with Crippen molar-refractivity contribution in [3.63, 3.8) is 0 Å². The third-order valence-electron chi connectivity index (χ3n) is 4.03. The zero-order valence-corrected chi connectivity index (χ0v) is 15.9. The van der Waals surface area contributed by atoms with E-state index in [-0.39, 0.29) is 11.8 Å². The van der Waals surface area contributed by atoms with E-state index in [1.165, 1.54) is 0 Å². The van der Waals surface area contributed by atoms with E-state index in [0.717, 1.165) is 5.56 Å². The van der Waals surface area contributed by atoms with Gasteiger partial charge in [0, 0.05) is 21.8 Å². The Balaban J connectivity index is 1.62. The molecule has 28 heavy (non-hydrogen) atoms. The number of hydrogen-bond donors (Lipinski definition) is 2. The molecule has 140 valence electrons. The van der Waals surface area contributed by atoms with Crippen LogP contribution in [0.15, 0.2) is 84.0 Å². The van der Waals surface area contributed by atoms with E-state index < -0.39 is 0 Å². The van der Waals surface area contributed by atoms with Crippen molar-refractivity contribution >= 4 is 34.8 Å². The van der Waals surface area contributed by atoms with Crippen LogP contribution in [-0.4, -0.2) is 17.5 Å². The van der Waals surface area contributed by atoms with Crippen LogP contribution in [0.3, 0.4) is 0 Å². The summed E-state index contributed by atoms with van der Waals surface area (Å²) in [6.07, 6.45) is 0. The molecule has 0 saturated heterocycles. The highest BCUT2D eigenvalue weighted by Gasteiger charge is 2.07. The molecule has 2 N–H and O–H groups in total. The first kappa shape index (κ1) is 19.3. The quantitative estimate of drug-likeness (QED) is 0.487. The maximum absolute atomic E-state index is 12.2. The minimum atomic E-state index is -0.271. The van der Waals surface area contributed by atoms with Gasteiger partial charge in [0.1, 0.15) is 0 Å². The van der Waals surface area contributed by atoms with Gasteiger partial charge < -0.3 is 5.32 Å². The van der Waals surface area contributed by atoms with Gasteiger partial charge in [-0.15, -0.1) is 0 Å². The number of nitrogens with one attached hydrogen (secondary N) is 2. The van der Waals surface area contributed by atoms with Crippen LogP contribution in [0, 0.1) is 0 Å². The predicted molar refractivity (Wildman–Crippen MR) is 112 cm³/mol. The lowest BCUT2D eigenvalue weighted by atomic mass is 10.1. The Kier molecular flexibility index (Phi) is 6.19. The van der Waals surface area contributed by atoms with Gasteiger partial charge in [-0.2, -0.15) is 5.10 Å². The van der Waals surface area contributed by atoms with Crippen LogP contribution in [0.4, 0.5) is 5.69 Å². The monoisotopic (exact) mass is 391 g/mol. The van der Waals surface area contributed by atoms with Gasteiger partial charge in [0.05, 0.1) is 5.71 Å². The number of nitrogens with zero attached hydrogens (tertiary/aromatic N) is 1. The number of amides is 2. The molecule has 2 amide bonds. The summed E-state index contributed by atoms with van der Waals surface area (Å²) in [5, 5.41) is 7.54. The van der Waals surface area contributed by atoms with E-state index in [0.29, 0.717) is 27.5 Å². The fourth-order valence-electron chi connectivity index (χ4n) is 2.45. The lowest BCUT2D eigenvalue weighted by Crippen LogP contribution is -2.19. The van der Waals surface area contributed by atoms with Crippen LogP contribution in [0.25, 0.3) is 0 Å². The lowest BCUT2D eigenvalue weighted by Gasteiger charge is -2.07. The van der Waals surface area contributed by atoms with Crippen molar-refractivity contribution in [1.29, 1.82) is 0 Å². The molecule has 0 atom stereocenters. The highest BCUT2D eigenvalue weighted by Crippen LogP contribution is 2.14. The topological polar surface area (TPSA) is 70.6 Å². The molecule has 0 aliphatic heterocycles. The zero-order valence-electron chi connectivity index (χ0n) is 15.1. The van der Waals surface area contributed by atoms with Gasteiger partial charge in [0.25, 0.3) is 11.8 Å². The molecule has 3 rings (SSSR count). The molecule has 5 nitrogen and oxygen atoms in total. The van der Waals surface area contributed by atoms with E-state index in [1.807, 2.05) is 18.2 Å². The lowest BCUT2D eigenvalue weighted by molar-refractivity contribution is 0.0954. The summed E-state index contributed by atoms with van der Waals surface area (Å²) in [6.45, 7) is 1.80. The molecule has 0 unspecified atom stereocenters. The molecule has 0 heterocycles. The number of hydrazone groups is 1. The van der Waals surface area contributed by atoms with Crippen molar-refractivity contribution in [2.75, 3.05) is 5.32 Å². The highest BCUT2D eigenvalue weighted by atomic mass is 35.5. The molecule has 0 saturated carbocycles. The summed E-state index contributed by atoms with van der Waals surface area (Å²) in [7, 11) is 0. The van der Waals surface area contributed by atoms with E-state index in [4.69, 9.17) is 11.6 Å². The Morgan fingerprint density at radius 2 is 1.32 bits per heavy atom. The number of rotatable bonds is 5. The maximum Gasteiger partial charge on any atom is 0.271 e. The summed E-state index contributed by atoms with van der Waals surface area (Å²) in [5.41, 5.74) is 5.74. The van der Waals surface area contributed by atoms with Gasteiger partial charge in [-0.25, -0.2) is 5.43 Å². The molecular weight excluding hydrogens is 374 g/mol. The molecule has 6 heteroatoms. The molecule has 0 aromatic heterocycles. The fraction of sp³-hybridized carbons (Fsp3) is 0.0455. The van der Waals surface area contributed by atoms with Gasteiger partial charge in [-0.1, -0.05) is 41.9 Å². The molecule has 0 radical (unpaired) electrons. The summed E-state index contributed by atoms with van der Waals surface area (Å²) in [5.74, 6) is -0.489. The Morgan fingerprint density at radius 1 is 0.750 bits per heavy atom. The number of halogens is 1. The largest absolute Gasteiger partial charge is 0.322 e. The van der Waals surface area contributed by atoms with Crippen LogP contribution in [0.2, 0.25) is 5.02 Å². The standard InChI is InChI=1S/C22H18ClN3O2/c1-15(25-26-22(28)17-5-3-2-4-6-17)16-9-13-20(14-10-16)24-21(27)18-7-11-19(23)12-8-18/h2-14H,1H3,(H,24,27)(H,26,28). The first-order valence-electron chi connectivity index (χ1n) is 8.60. The van der Waals surface area contributed by atoms with Crippen molar-refractivity contribution in [1.82, 2.24) is 5.43 Å². The first-order valence-corrected chi connectivity index (χ1v) is 8.98. The molecule has 0 bridgehead atoms. The molecule has 0 fully saturated rings. The Bertz CT molecular complexity index is 998. The van der Waals surface area contributed by atoms with Crippen molar-refractivity contribution in [3.05, 3.63) is 101 Å². The van der Waals surface area contributed by atoms with Gasteiger partial charge in [0.15, 0.2) is 0 Å². The average Bonchev–Trinajstić information content (AvgIpc) is 2.73. The minimum absolute atomic E-state index is 0.218. The Hall–Kier alpha value is -3.44. The van der Waals surface area contributed by atoms with E-state index >= 15 is 0 Å². The Morgan fingerprint density at radius 3 is 1.96 bits per heavy atom. The van der Waals surface area contributed by atoms with Crippen LogP contribution < -0.4 is 10.7 Å². The SMILES string of the molecule is CC(=NNC(=O)c1ccccc1)c1ccc(NC(=O)c2ccc(Cl)cc2)cc1. The normalized spacial score (nSPS) is 11.0. The van der Waals surface area contributed by atoms with Gasteiger partial charge in [-0.3, -0.25) is 9.59 Å². The first-order chi connectivity index (χ1) is 13.5. The van der Waals surface area contributed by atoms with E-state index in [1.54, 1.807) is 67.6 Å². The molecule has 3 aromatic carbocycles. The number of carbonyl (C=O) groups excluding carboxylic acids is 2. The number of benzene rings is 3. The van der Waals surface area contributed by atoms with Crippen molar-refractivity contribution < 1.29 is 9.59 Å². The van der Waals surface area contributed by atoms with Crippen LogP contribution in [0.5, 0.6) is 0 Å². The third kappa shape index (κ3) is 5.05. The smallest absolute Gasteiger partial charge is 0.271 e. The van der Waals surface area contributed by atoms with Gasteiger partial charge in [-0.05, 0) is 61.0 Å².